The van der Waals surface area contributed by atoms with Gasteiger partial charge in [0, 0.05) is 11.1 Å². The topological polar surface area (TPSA) is 12.9 Å². The van der Waals surface area contributed by atoms with E-state index in [4.69, 9.17) is 11.6 Å². The van der Waals surface area contributed by atoms with E-state index in [0.29, 0.717) is 17.3 Å². The van der Waals surface area contributed by atoms with Crippen molar-refractivity contribution in [1.82, 2.24) is 4.98 Å². The van der Waals surface area contributed by atoms with Gasteiger partial charge >= 0.3 is 0 Å². The van der Waals surface area contributed by atoms with E-state index in [-0.39, 0.29) is 0 Å². The van der Waals surface area contributed by atoms with Gasteiger partial charge in [-0.05, 0) is 18.9 Å². The van der Waals surface area contributed by atoms with E-state index in [1.807, 2.05) is 0 Å². The Hall–Kier alpha value is -0.480. The molecule has 0 radical (unpaired) electrons. The van der Waals surface area contributed by atoms with Crippen LogP contribution >= 0.6 is 22.9 Å². The van der Waals surface area contributed by atoms with Crippen molar-refractivity contribution in [2.24, 2.45) is 0 Å². The van der Waals surface area contributed by atoms with Crippen LogP contribution in [-0.4, -0.2) is 4.98 Å². The monoisotopic (exact) mass is 209 g/mol. The highest BCUT2D eigenvalue weighted by Gasteiger charge is 1.98. The number of hydrogen-bond acceptors (Lipinski definition) is 2. The average molecular weight is 210 g/mol. The fraction of sp³-hybridized carbons (Fsp3) is 0.286. The zero-order valence-corrected chi connectivity index (χ0v) is 7.63. The largest absolute Gasteiger partial charge is 0.266 e. The van der Waals surface area contributed by atoms with Gasteiger partial charge in [-0.15, -0.1) is 11.3 Å². The summed E-state index contributed by atoms with van der Waals surface area (Å²) >= 11 is 6.87. The summed E-state index contributed by atoms with van der Waals surface area (Å²) in [5.74, 6) is 0. The minimum atomic E-state index is -1.63. The van der Waals surface area contributed by atoms with Gasteiger partial charge in [-0.1, -0.05) is 11.6 Å². The highest BCUT2D eigenvalue weighted by Crippen LogP contribution is 2.19. The molecule has 1 nitrogen and oxygen atoms in total. The van der Waals surface area contributed by atoms with Crippen LogP contribution in [-0.2, 0) is 6.42 Å². The van der Waals surface area contributed by atoms with Crippen LogP contribution in [0.4, 0.5) is 8.78 Å². The molecule has 0 N–H and O–H groups in total. The Morgan fingerprint density at radius 2 is 2.42 bits per heavy atom. The lowest BCUT2D eigenvalue weighted by Gasteiger charge is -1.87. The summed E-state index contributed by atoms with van der Waals surface area (Å²) in [6, 6.07) is 0. The first-order valence-corrected chi connectivity index (χ1v) is 4.49. The van der Waals surface area contributed by atoms with Crippen molar-refractivity contribution in [2.75, 3.05) is 0 Å². The van der Waals surface area contributed by atoms with Crippen LogP contribution in [0.5, 0.6) is 0 Å². The molecular weight excluding hydrogens is 204 g/mol. The van der Waals surface area contributed by atoms with Crippen LogP contribution in [0.3, 0.4) is 0 Å². The maximum atomic E-state index is 11.6. The predicted octanol–water partition coefficient (Wildman–Crippen LogP) is 3.51. The maximum absolute atomic E-state index is 11.6. The summed E-state index contributed by atoms with van der Waals surface area (Å²) in [5.41, 5.74) is 0. The van der Waals surface area contributed by atoms with Crippen LogP contribution in [0.25, 0.3) is 0 Å². The summed E-state index contributed by atoms with van der Waals surface area (Å²) < 4.78 is 23.6. The van der Waals surface area contributed by atoms with Gasteiger partial charge in [0.1, 0.15) is 0 Å². The second-order valence-corrected chi connectivity index (χ2v) is 3.81. The van der Waals surface area contributed by atoms with E-state index in [0.717, 1.165) is 11.0 Å². The van der Waals surface area contributed by atoms with Gasteiger partial charge in [0.2, 0.25) is 0 Å². The summed E-state index contributed by atoms with van der Waals surface area (Å²) in [5, 5.41) is 0. The Bertz CT molecular complexity index is 281. The molecule has 0 amide bonds. The minimum Gasteiger partial charge on any atom is -0.233 e. The molecule has 0 aliphatic carbocycles. The van der Waals surface area contributed by atoms with E-state index in [1.54, 1.807) is 6.20 Å². The lowest BCUT2D eigenvalue weighted by atomic mass is 10.3. The van der Waals surface area contributed by atoms with Gasteiger partial charge in [-0.25, -0.2) is 4.98 Å². The Morgan fingerprint density at radius 1 is 1.67 bits per heavy atom. The smallest absolute Gasteiger partial charge is 0.233 e. The highest BCUT2D eigenvalue weighted by atomic mass is 35.5. The zero-order valence-electron chi connectivity index (χ0n) is 6.06. The van der Waals surface area contributed by atoms with Crippen LogP contribution in [0.2, 0.25) is 4.47 Å². The van der Waals surface area contributed by atoms with Gasteiger partial charge in [0.05, 0.1) is 0 Å². The normalized spacial score (nSPS) is 9.92. The molecule has 0 bridgehead atoms. The molecule has 1 heterocycles. The molecule has 0 aliphatic rings. The molecule has 0 saturated carbocycles. The lowest BCUT2D eigenvalue weighted by molar-refractivity contribution is 0.417. The van der Waals surface area contributed by atoms with Crippen molar-refractivity contribution in [2.45, 2.75) is 12.8 Å². The number of aromatic nitrogens is 1. The number of nitrogens with zero attached hydrogens (tertiary/aromatic N) is 1. The molecular formula is C7H6ClF2NS. The van der Waals surface area contributed by atoms with Crippen LogP contribution in [0, 0.1) is 0 Å². The van der Waals surface area contributed by atoms with E-state index < -0.39 is 6.08 Å². The Morgan fingerprint density at radius 3 is 2.92 bits per heavy atom. The first-order chi connectivity index (χ1) is 5.68. The number of halogens is 3. The van der Waals surface area contributed by atoms with Crippen molar-refractivity contribution in [3.63, 3.8) is 0 Å². The molecule has 0 fully saturated rings. The summed E-state index contributed by atoms with van der Waals surface area (Å²) in [7, 11) is 0. The summed E-state index contributed by atoms with van der Waals surface area (Å²) in [6.45, 7) is 0. The van der Waals surface area contributed by atoms with Gasteiger partial charge < -0.3 is 0 Å². The van der Waals surface area contributed by atoms with Crippen molar-refractivity contribution < 1.29 is 8.78 Å². The molecule has 0 atom stereocenters. The Kier molecular flexibility index (Phi) is 3.62. The molecule has 66 valence electrons. The van der Waals surface area contributed by atoms with Gasteiger partial charge in [-0.2, -0.15) is 8.78 Å². The third kappa shape index (κ3) is 3.28. The van der Waals surface area contributed by atoms with E-state index in [1.165, 1.54) is 11.3 Å². The summed E-state index contributed by atoms with van der Waals surface area (Å²) in [6.07, 6.45) is 1.78. The summed E-state index contributed by atoms with van der Waals surface area (Å²) in [4.78, 5) is 4.72. The third-order valence-corrected chi connectivity index (χ3v) is 2.39. The predicted molar refractivity (Wildman–Crippen MR) is 45.7 cm³/mol. The first-order valence-electron chi connectivity index (χ1n) is 3.30. The van der Waals surface area contributed by atoms with E-state index >= 15 is 0 Å². The molecule has 1 aromatic heterocycles. The van der Waals surface area contributed by atoms with Crippen molar-refractivity contribution in [1.29, 1.82) is 0 Å². The van der Waals surface area contributed by atoms with Crippen LogP contribution in [0.15, 0.2) is 18.4 Å². The van der Waals surface area contributed by atoms with E-state index in [9.17, 15) is 8.78 Å². The van der Waals surface area contributed by atoms with Crippen molar-refractivity contribution in [3.05, 3.63) is 27.7 Å². The quantitative estimate of drug-likeness (QED) is 0.743. The third-order valence-electron chi connectivity index (χ3n) is 1.21. The van der Waals surface area contributed by atoms with E-state index in [2.05, 4.69) is 4.98 Å². The maximum Gasteiger partial charge on any atom is 0.266 e. The molecule has 1 aromatic rings. The standard InChI is InChI=1S/C7H6ClF2NS/c8-7-11-4-5(12-7)2-1-3-6(9)10/h3-4H,1-2H2. The Balaban J connectivity index is 2.38. The number of aryl methyl sites for hydroxylation is 1. The SMILES string of the molecule is FC(F)=CCCc1cnc(Cl)s1. The number of rotatable bonds is 3. The minimum absolute atomic E-state index is 0.334. The first kappa shape index (κ1) is 9.61. The molecule has 0 unspecified atom stereocenters. The van der Waals surface area contributed by atoms with Gasteiger partial charge in [-0.3, -0.25) is 0 Å². The number of allylic oxidation sites excluding steroid dienone is 1. The van der Waals surface area contributed by atoms with Crippen LogP contribution < -0.4 is 0 Å². The fourth-order valence-corrected chi connectivity index (χ4v) is 1.72. The van der Waals surface area contributed by atoms with Crippen molar-refractivity contribution in [3.8, 4) is 0 Å². The molecule has 5 heteroatoms. The fourth-order valence-electron chi connectivity index (χ4n) is 0.723. The van der Waals surface area contributed by atoms with Gasteiger partial charge in [0.25, 0.3) is 6.08 Å². The number of thiazole rings is 1. The highest BCUT2D eigenvalue weighted by molar-refractivity contribution is 7.15. The van der Waals surface area contributed by atoms with Gasteiger partial charge in [0.15, 0.2) is 4.47 Å². The zero-order chi connectivity index (χ0) is 8.97. The molecule has 0 spiro atoms. The number of hydrogen-bond donors (Lipinski definition) is 0. The second kappa shape index (κ2) is 4.52. The molecule has 0 aromatic carbocycles. The van der Waals surface area contributed by atoms with Crippen molar-refractivity contribution >= 4 is 22.9 Å². The second-order valence-electron chi connectivity index (χ2n) is 2.11. The molecule has 1 rings (SSSR count). The molecule has 12 heavy (non-hydrogen) atoms. The molecule has 0 aliphatic heterocycles. The van der Waals surface area contributed by atoms with Crippen LogP contribution in [0.1, 0.15) is 11.3 Å². The Labute approximate surface area is 77.7 Å². The average Bonchev–Trinajstić information content (AvgIpc) is 2.35. The lowest BCUT2D eigenvalue weighted by Crippen LogP contribution is -1.76. The molecule has 0 saturated heterocycles.